The van der Waals surface area contributed by atoms with E-state index in [0.717, 1.165) is 18.8 Å². The minimum atomic E-state index is 0.811. The van der Waals surface area contributed by atoms with Crippen LogP contribution in [0.5, 0.6) is 0 Å². The van der Waals surface area contributed by atoms with Gasteiger partial charge in [0, 0.05) is 31.5 Å². The smallest absolute Gasteiger partial charge is 0.0365 e. The summed E-state index contributed by atoms with van der Waals surface area (Å²) in [6, 6.07) is 7.91. The minimum Gasteiger partial charge on any atom is -0.399 e. The first kappa shape index (κ1) is 9.86. The van der Waals surface area contributed by atoms with Crippen molar-refractivity contribution in [1.29, 1.82) is 0 Å². The molecule has 0 fully saturated rings. The molecular weight excluding hydrogens is 162 g/mol. The van der Waals surface area contributed by atoms with Gasteiger partial charge in [-0.3, -0.25) is 0 Å². The number of anilines is 2. The first-order valence-corrected chi connectivity index (χ1v) is 4.45. The molecular formula is C10H17N3. The summed E-state index contributed by atoms with van der Waals surface area (Å²) in [4.78, 5) is 2.19. The van der Waals surface area contributed by atoms with Crippen LogP contribution in [-0.2, 0) is 0 Å². The van der Waals surface area contributed by atoms with Gasteiger partial charge in [-0.25, -0.2) is 0 Å². The summed E-state index contributed by atoms with van der Waals surface area (Å²) in [6.07, 6.45) is 0. The summed E-state index contributed by atoms with van der Waals surface area (Å²) in [5.41, 5.74) is 7.61. The number of benzene rings is 1. The average molecular weight is 179 g/mol. The number of nitrogens with one attached hydrogen (secondary N) is 1. The minimum absolute atomic E-state index is 0.811. The second-order valence-corrected chi connectivity index (χ2v) is 3.12. The molecule has 0 heterocycles. The van der Waals surface area contributed by atoms with E-state index < -0.39 is 0 Å². The van der Waals surface area contributed by atoms with E-state index in [0.29, 0.717) is 0 Å². The largest absolute Gasteiger partial charge is 0.399 e. The summed E-state index contributed by atoms with van der Waals surface area (Å²) in [7, 11) is 4.03. The third kappa shape index (κ3) is 2.95. The lowest BCUT2D eigenvalue weighted by Gasteiger charge is -2.18. The summed E-state index contributed by atoms with van der Waals surface area (Å²) in [5, 5.41) is 3.11. The molecule has 0 aliphatic carbocycles. The van der Waals surface area contributed by atoms with Gasteiger partial charge in [0.2, 0.25) is 0 Å². The molecule has 0 radical (unpaired) electrons. The van der Waals surface area contributed by atoms with Crippen LogP contribution in [0.15, 0.2) is 24.3 Å². The van der Waals surface area contributed by atoms with Crippen molar-refractivity contribution in [2.24, 2.45) is 0 Å². The van der Waals surface area contributed by atoms with Crippen LogP contribution in [0.1, 0.15) is 0 Å². The lowest BCUT2D eigenvalue weighted by molar-refractivity contribution is 0.768. The maximum absolute atomic E-state index is 5.60. The first-order valence-electron chi connectivity index (χ1n) is 4.45. The number of hydrogen-bond donors (Lipinski definition) is 2. The van der Waals surface area contributed by atoms with E-state index in [1.165, 1.54) is 5.69 Å². The van der Waals surface area contributed by atoms with Crippen LogP contribution in [0.2, 0.25) is 0 Å². The molecule has 0 spiro atoms. The van der Waals surface area contributed by atoms with Gasteiger partial charge in [-0.2, -0.15) is 0 Å². The molecule has 72 valence electrons. The van der Waals surface area contributed by atoms with Crippen molar-refractivity contribution in [3.63, 3.8) is 0 Å². The number of rotatable bonds is 4. The van der Waals surface area contributed by atoms with Crippen LogP contribution in [0.4, 0.5) is 11.4 Å². The van der Waals surface area contributed by atoms with E-state index in [-0.39, 0.29) is 0 Å². The monoisotopic (exact) mass is 179 g/mol. The Balaban J connectivity index is 2.55. The van der Waals surface area contributed by atoms with Crippen LogP contribution in [-0.4, -0.2) is 27.2 Å². The predicted molar refractivity (Wildman–Crippen MR) is 58.1 cm³/mol. The van der Waals surface area contributed by atoms with Crippen LogP contribution in [0, 0.1) is 0 Å². The third-order valence-corrected chi connectivity index (χ3v) is 2.03. The molecule has 1 rings (SSSR count). The molecule has 0 aliphatic rings. The van der Waals surface area contributed by atoms with Crippen molar-refractivity contribution in [2.45, 2.75) is 0 Å². The zero-order valence-electron chi connectivity index (χ0n) is 8.25. The van der Waals surface area contributed by atoms with Crippen molar-refractivity contribution in [2.75, 3.05) is 37.8 Å². The molecule has 0 aromatic heterocycles. The van der Waals surface area contributed by atoms with Gasteiger partial charge < -0.3 is 16.0 Å². The Morgan fingerprint density at radius 3 is 2.46 bits per heavy atom. The van der Waals surface area contributed by atoms with Gasteiger partial charge in [0.25, 0.3) is 0 Å². The van der Waals surface area contributed by atoms with Gasteiger partial charge in [-0.05, 0) is 31.3 Å². The average Bonchev–Trinajstić information content (AvgIpc) is 2.15. The van der Waals surface area contributed by atoms with Gasteiger partial charge in [0.15, 0.2) is 0 Å². The second kappa shape index (κ2) is 4.72. The SMILES string of the molecule is CNCCN(C)c1ccc(N)cc1. The molecule has 0 amide bonds. The Labute approximate surface area is 79.5 Å². The van der Waals surface area contributed by atoms with E-state index in [1.54, 1.807) is 0 Å². The van der Waals surface area contributed by atoms with E-state index in [1.807, 2.05) is 31.3 Å². The molecule has 0 saturated heterocycles. The normalized spacial score (nSPS) is 10.0. The molecule has 0 atom stereocenters. The Hall–Kier alpha value is -1.22. The molecule has 3 heteroatoms. The maximum atomic E-state index is 5.60. The summed E-state index contributed by atoms with van der Waals surface area (Å²) in [5.74, 6) is 0. The Kier molecular flexibility index (Phi) is 3.58. The number of likely N-dealkylation sites (N-methyl/N-ethyl adjacent to an activating group) is 2. The maximum Gasteiger partial charge on any atom is 0.0365 e. The van der Waals surface area contributed by atoms with Crippen molar-refractivity contribution in [3.05, 3.63) is 24.3 Å². The molecule has 1 aromatic rings. The third-order valence-electron chi connectivity index (χ3n) is 2.03. The summed E-state index contributed by atoms with van der Waals surface area (Å²) < 4.78 is 0. The number of nitrogen functional groups attached to an aromatic ring is 1. The summed E-state index contributed by atoms with van der Waals surface area (Å²) in [6.45, 7) is 1.99. The van der Waals surface area contributed by atoms with Crippen LogP contribution >= 0.6 is 0 Å². The van der Waals surface area contributed by atoms with Crippen molar-refractivity contribution < 1.29 is 0 Å². The van der Waals surface area contributed by atoms with Crippen LogP contribution in [0.25, 0.3) is 0 Å². The summed E-state index contributed by atoms with van der Waals surface area (Å²) >= 11 is 0. The van der Waals surface area contributed by atoms with Crippen molar-refractivity contribution in [1.82, 2.24) is 5.32 Å². The second-order valence-electron chi connectivity index (χ2n) is 3.12. The quantitative estimate of drug-likeness (QED) is 0.675. The van der Waals surface area contributed by atoms with Crippen LogP contribution < -0.4 is 16.0 Å². The highest BCUT2D eigenvalue weighted by molar-refractivity contribution is 5.52. The van der Waals surface area contributed by atoms with Gasteiger partial charge in [0.1, 0.15) is 0 Å². The fourth-order valence-electron chi connectivity index (χ4n) is 1.14. The van der Waals surface area contributed by atoms with E-state index in [4.69, 9.17) is 5.73 Å². The van der Waals surface area contributed by atoms with Gasteiger partial charge in [-0.1, -0.05) is 0 Å². The van der Waals surface area contributed by atoms with E-state index >= 15 is 0 Å². The highest BCUT2D eigenvalue weighted by Gasteiger charge is 1.98. The lowest BCUT2D eigenvalue weighted by atomic mass is 10.2. The van der Waals surface area contributed by atoms with Crippen molar-refractivity contribution in [3.8, 4) is 0 Å². The molecule has 0 bridgehead atoms. The molecule has 0 aliphatic heterocycles. The fourth-order valence-corrected chi connectivity index (χ4v) is 1.14. The number of nitrogens with zero attached hydrogens (tertiary/aromatic N) is 1. The molecule has 0 saturated carbocycles. The van der Waals surface area contributed by atoms with Gasteiger partial charge >= 0.3 is 0 Å². The highest BCUT2D eigenvalue weighted by Crippen LogP contribution is 2.13. The Morgan fingerprint density at radius 2 is 1.92 bits per heavy atom. The number of nitrogens with two attached hydrogens (primary N) is 1. The zero-order chi connectivity index (χ0) is 9.68. The Bertz CT molecular complexity index is 243. The number of hydrogen-bond acceptors (Lipinski definition) is 3. The zero-order valence-corrected chi connectivity index (χ0v) is 8.25. The van der Waals surface area contributed by atoms with Gasteiger partial charge in [0.05, 0.1) is 0 Å². The van der Waals surface area contributed by atoms with Crippen LogP contribution in [0.3, 0.4) is 0 Å². The standard InChI is InChI=1S/C10H17N3/c1-12-7-8-13(2)10-5-3-9(11)4-6-10/h3-6,12H,7-8,11H2,1-2H3. The van der Waals surface area contributed by atoms with Gasteiger partial charge in [-0.15, -0.1) is 0 Å². The Morgan fingerprint density at radius 1 is 1.31 bits per heavy atom. The van der Waals surface area contributed by atoms with E-state index in [2.05, 4.69) is 17.3 Å². The van der Waals surface area contributed by atoms with E-state index in [9.17, 15) is 0 Å². The highest BCUT2D eigenvalue weighted by atomic mass is 15.1. The topological polar surface area (TPSA) is 41.3 Å². The fraction of sp³-hybridized carbons (Fsp3) is 0.400. The lowest BCUT2D eigenvalue weighted by Crippen LogP contribution is -2.26. The molecule has 13 heavy (non-hydrogen) atoms. The first-order chi connectivity index (χ1) is 6.24. The molecule has 3 nitrogen and oxygen atoms in total. The molecule has 1 aromatic carbocycles. The molecule has 3 N–H and O–H groups in total. The predicted octanol–water partition coefficient (Wildman–Crippen LogP) is 0.924. The molecule has 0 unspecified atom stereocenters. The van der Waals surface area contributed by atoms with Crippen molar-refractivity contribution >= 4 is 11.4 Å².